The summed E-state index contributed by atoms with van der Waals surface area (Å²) in [4.78, 5) is 23.4. The molecule has 1 heterocycles. The van der Waals surface area contributed by atoms with Gasteiger partial charge in [0.1, 0.15) is 11.5 Å². The summed E-state index contributed by atoms with van der Waals surface area (Å²) in [5, 5.41) is 20.5. The Morgan fingerprint density at radius 2 is 1.81 bits per heavy atom. The molecule has 0 spiro atoms. The third-order valence-corrected chi connectivity index (χ3v) is 4.18. The lowest BCUT2D eigenvalue weighted by atomic mass is 9.88. The minimum absolute atomic E-state index is 0.0104. The molecule has 0 bridgehead atoms. The molecule has 0 aliphatic rings. The second-order valence-corrected chi connectivity index (χ2v) is 5.95. The Hall–Kier alpha value is -3.41. The van der Waals surface area contributed by atoms with Gasteiger partial charge in [-0.05, 0) is 42.0 Å². The molecule has 0 aliphatic heterocycles. The highest BCUT2D eigenvalue weighted by Crippen LogP contribution is 2.32. The minimum atomic E-state index is -0.590. The van der Waals surface area contributed by atoms with Gasteiger partial charge in [-0.15, -0.1) is 0 Å². The van der Waals surface area contributed by atoms with E-state index in [-0.39, 0.29) is 24.5 Å². The quantitative estimate of drug-likeness (QED) is 0.389. The molecule has 0 saturated heterocycles. The Kier molecular flexibility index (Phi) is 5.12. The number of ketones is 1. The van der Waals surface area contributed by atoms with Crippen molar-refractivity contribution in [2.24, 2.45) is 0 Å². The van der Waals surface area contributed by atoms with E-state index in [0.717, 1.165) is 5.56 Å². The standard InChI is InChI=1S/C20H17NO5/c22-16-9-7-14(8-10-16)19(23)12-15(13-21(24)25)17-4-1-2-5-18(17)20-6-3-11-26-20/h1-11,15,22H,12-13H2. The molecular weight excluding hydrogens is 334 g/mol. The maximum atomic E-state index is 12.6. The van der Waals surface area contributed by atoms with Crippen molar-refractivity contribution in [1.82, 2.24) is 0 Å². The molecule has 1 N–H and O–H groups in total. The van der Waals surface area contributed by atoms with Crippen LogP contribution in [-0.2, 0) is 0 Å². The summed E-state index contributed by atoms with van der Waals surface area (Å²) in [6.45, 7) is -0.360. The fourth-order valence-electron chi connectivity index (χ4n) is 2.95. The minimum Gasteiger partial charge on any atom is -0.508 e. The second-order valence-electron chi connectivity index (χ2n) is 5.95. The van der Waals surface area contributed by atoms with Crippen LogP contribution in [-0.4, -0.2) is 22.4 Å². The van der Waals surface area contributed by atoms with Crippen LogP contribution in [0.4, 0.5) is 0 Å². The maximum absolute atomic E-state index is 12.6. The number of Topliss-reactive ketones (excluding diaryl/α,β-unsaturated/α-hetero) is 1. The fraction of sp³-hybridized carbons (Fsp3) is 0.150. The SMILES string of the molecule is O=C(CC(C[N+](=O)[O-])c1ccccc1-c1ccco1)c1ccc(O)cc1. The largest absolute Gasteiger partial charge is 0.508 e. The van der Waals surface area contributed by atoms with Gasteiger partial charge in [-0.1, -0.05) is 24.3 Å². The smallest absolute Gasteiger partial charge is 0.211 e. The van der Waals surface area contributed by atoms with Crippen molar-refractivity contribution in [1.29, 1.82) is 0 Å². The molecule has 132 valence electrons. The van der Waals surface area contributed by atoms with Crippen LogP contribution >= 0.6 is 0 Å². The van der Waals surface area contributed by atoms with Gasteiger partial charge >= 0.3 is 0 Å². The lowest BCUT2D eigenvalue weighted by molar-refractivity contribution is -0.483. The number of rotatable bonds is 7. The summed E-state index contributed by atoms with van der Waals surface area (Å²) < 4.78 is 5.44. The summed E-state index contributed by atoms with van der Waals surface area (Å²) in [5.74, 6) is -0.142. The summed E-state index contributed by atoms with van der Waals surface area (Å²) >= 11 is 0. The first kappa shape index (κ1) is 17.4. The zero-order valence-electron chi connectivity index (χ0n) is 13.9. The van der Waals surface area contributed by atoms with Crippen LogP contribution < -0.4 is 0 Å². The van der Waals surface area contributed by atoms with E-state index in [1.54, 1.807) is 24.3 Å². The van der Waals surface area contributed by atoms with E-state index in [1.807, 2.05) is 12.1 Å². The normalized spacial score (nSPS) is 11.8. The molecular formula is C20H17NO5. The molecule has 6 nitrogen and oxygen atoms in total. The average Bonchev–Trinajstić information content (AvgIpc) is 3.16. The molecule has 1 aromatic heterocycles. The molecule has 6 heteroatoms. The molecule has 0 aliphatic carbocycles. The van der Waals surface area contributed by atoms with Crippen LogP contribution in [0.3, 0.4) is 0 Å². The molecule has 1 unspecified atom stereocenters. The second kappa shape index (κ2) is 7.65. The van der Waals surface area contributed by atoms with Crippen molar-refractivity contribution in [2.45, 2.75) is 12.3 Å². The molecule has 0 amide bonds. The van der Waals surface area contributed by atoms with Gasteiger partial charge in [0, 0.05) is 22.5 Å². The van der Waals surface area contributed by atoms with Gasteiger partial charge in [-0.3, -0.25) is 14.9 Å². The number of carbonyl (C=O) groups is 1. The summed E-state index contributed by atoms with van der Waals surface area (Å²) in [6, 6.07) is 16.6. The highest BCUT2D eigenvalue weighted by molar-refractivity contribution is 5.96. The Balaban J connectivity index is 1.93. The summed E-state index contributed by atoms with van der Waals surface area (Å²) in [6.07, 6.45) is 1.53. The van der Waals surface area contributed by atoms with Gasteiger partial charge in [0.15, 0.2) is 5.78 Å². The molecule has 0 fully saturated rings. The van der Waals surface area contributed by atoms with Gasteiger partial charge in [-0.2, -0.15) is 0 Å². The van der Waals surface area contributed by atoms with Gasteiger partial charge in [-0.25, -0.2) is 0 Å². The van der Waals surface area contributed by atoms with Crippen LogP contribution in [0.1, 0.15) is 28.3 Å². The predicted molar refractivity (Wildman–Crippen MR) is 95.8 cm³/mol. The van der Waals surface area contributed by atoms with Crippen molar-refractivity contribution in [3.05, 3.63) is 88.2 Å². The number of benzene rings is 2. The Bertz CT molecular complexity index is 900. The molecule has 3 rings (SSSR count). The van der Waals surface area contributed by atoms with E-state index in [4.69, 9.17) is 4.42 Å². The van der Waals surface area contributed by atoms with Crippen LogP contribution in [0, 0.1) is 10.1 Å². The zero-order valence-corrected chi connectivity index (χ0v) is 13.9. The first-order chi connectivity index (χ1) is 12.5. The number of aromatic hydroxyl groups is 1. The number of hydrogen-bond acceptors (Lipinski definition) is 5. The molecule has 2 aromatic carbocycles. The Labute approximate surface area is 149 Å². The van der Waals surface area contributed by atoms with Gasteiger partial charge in [0.2, 0.25) is 6.54 Å². The first-order valence-corrected chi connectivity index (χ1v) is 8.11. The van der Waals surface area contributed by atoms with Gasteiger partial charge < -0.3 is 9.52 Å². The van der Waals surface area contributed by atoms with Gasteiger partial charge in [0.25, 0.3) is 0 Å². The predicted octanol–water partition coefficient (Wildman–Crippen LogP) is 4.29. The van der Waals surface area contributed by atoms with Crippen LogP contribution in [0.15, 0.2) is 71.3 Å². The number of furan rings is 1. The lowest BCUT2D eigenvalue weighted by Gasteiger charge is -2.16. The average molecular weight is 351 g/mol. The Morgan fingerprint density at radius 3 is 2.46 bits per heavy atom. The topological polar surface area (TPSA) is 93.6 Å². The fourth-order valence-corrected chi connectivity index (χ4v) is 2.95. The number of nitro groups is 1. The van der Waals surface area contributed by atoms with E-state index < -0.39 is 10.8 Å². The zero-order chi connectivity index (χ0) is 18.5. The van der Waals surface area contributed by atoms with E-state index in [9.17, 15) is 20.0 Å². The summed E-state index contributed by atoms with van der Waals surface area (Å²) in [7, 11) is 0. The van der Waals surface area contributed by atoms with Crippen LogP contribution in [0.2, 0.25) is 0 Å². The molecule has 0 radical (unpaired) electrons. The molecule has 3 aromatic rings. The van der Waals surface area contributed by atoms with Crippen molar-refractivity contribution < 1.29 is 19.2 Å². The number of carbonyl (C=O) groups excluding carboxylic acids is 1. The maximum Gasteiger partial charge on any atom is 0.211 e. The first-order valence-electron chi connectivity index (χ1n) is 8.11. The molecule has 1 atom stereocenters. The van der Waals surface area contributed by atoms with Gasteiger partial charge in [0.05, 0.1) is 12.2 Å². The third kappa shape index (κ3) is 3.97. The third-order valence-electron chi connectivity index (χ3n) is 4.18. The lowest BCUT2D eigenvalue weighted by Crippen LogP contribution is -2.17. The Morgan fingerprint density at radius 1 is 1.08 bits per heavy atom. The highest BCUT2D eigenvalue weighted by atomic mass is 16.6. The van der Waals surface area contributed by atoms with E-state index >= 15 is 0 Å². The highest BCUT2D eigenvalue weighted by Gasteiger charge is 2.25. The number of nitrogens with zero attached hydrogens (tertiary/aromatic N) is 1. The number of phenols is 1. The summed E-state index contributed by atoms with van der Waals surface area (Å²) in [5.41, 5.74) is 1.85. The van der Waals surface area contributed by atoms with Crippen molar-refractivity contribution in [3.8, 4) is 17.1 Å². The van der Waals surface area contributed by atoms with Crippen molar-refractivity contribution in [3.63, 3.8) is 0 Å². The number of hydrogen-bond donors (Lipinski definition) is 1. The van der Waals surface area contributed by atoms with E-state index in [0.29, 0.717) is 16.9 Å². The van der Waals surface area contributed by atoms with Crippen molar-refractivity contribution in [2.75, 3.05) is 6.54 Å². The molecule has 0 saturated carbocycles. The monoisotopic (exact) mass is 351 g/mol. The van der Waals surface area contributed by atoms with Crippen molar-refractivity contribution >= 4 is 5.78 Å². The van der Waals surface area contributed by atoms with Crippen LogP contribution in [0.25, 0.3) is 11.3 Å². The molecule has 26 heavy (non-hydrogen) atoms. The number of phenolic OH excluding ortho intramolecular Hbond substituents is 1. The van der Waals surface area contributed by atoms with E-state index in [2.05, 4.69) is 0 Å². The van der Waals surface area contributed by atoms with Crippen LogP contribution in [0.5, 0.6) is 5.75 Å². The van der Waals surface area contributed by atoms with E-state index in [1.165, 1.54) is 30.5 Å².